The molecule has 0 unspecified atom stereocenters. The molecule has 2 saturated heterocycles. The predicted molar refractivity (Wildman–Crippen MR) is 84.3 cm³/mol. The number of hydrogen-bond donors (Lipinski definition) is 1. The molecule has 3 rings (SSSR count). The van der Waals surface area contributed by atoms with Crippen molar-refractivity contribution in [2.24, 2.45) is 5.92 Å². The Kier molecular flexibility index (Phi) is 4.42. The quantitative estimate of drug-likeness (QED) is 0.873. The van der Waals surface area contributed by atoms with E-state index in [1.807, 2.05) is 6.07 Å². The van der Waals surface area contributed by atoms with E-state index in [0.29, 0.717) is 12.8 Å². The van der Waals surface area contributed by atoms with E-state index < -0.39 is 5.97 Å². The maximum absolute atomic E-state index is 11.0. The van der Waals surface area contributed by atoms with Gasteiger partial charge in [0.1, 0.15) is 5.82 Å². The lowest BCUT2D eigenvalue weighted by atomic mass is 9.97. The van der Waals surface area contributed by atoms with Crippen molar-refractivity contribution in [3.8, 4) is 0 Å². The largest absolute Gasteiger partial charge is 0.481 e. The molecule has 0 aliphatic carbocycles. The predicted octanol–water partition coefficient (Wildman–Crippen LogP) is 0.529. The highest BCUT2D eigenvalue weighted by Gasteiger charge is 2.25. The summed E-state index contributed by atoms with van der Waals surface area (Å²) in [6.45, 7) is 5.43. The first-order valence-electron chi connectivity index (χ1n) is 7.88. The molecular weight excluding hydrogens is 282 g/mol. The molecule has 0 saturated carbocycles. The van der Waals surface area contributed by atoms with Crippen LogP contribution in [0.5, 0.6) is 0 Å². The third kappa shape index (κ3) is 3.30. The van der Waals surface area contributed by atoms with Gasteiger partial charge >= 0.3 is 5.97 Å². The first-order valence-corrected chi connectivity index (χ1v) is 7.88. The van der Waals surface area contributed by atoms with Gasteiger partial charge in [-0.3, -0.25) is 4.79 Å². The summed E-state index contributed by atoms with van der Waals surface area (Å²) in [5.41, 5.74) is 0. The van der Waals surface area contributed by atoms with Crippen LogP contribution in [-0.2, 0) is 4.79 Å². The van der Waals surface area contributed by atoms with Crippen molar-refractivity contribution in [2.75, 3.05) is 56.1 Å². The van der Waals surface area contributed by atoms with Crippen LogP contribution in [-0.4, -0.2) is 72.3 Å². The van der Waals surface area contributed by atoms with Crippen molar-refractivity contribution < 1.29 is 9.90 Å². The number of carboxylic acids is 1. The highest BCUT2D eigenvalue weighted by Crippen LogP contribution is 2.23. The van der Waals surface area contributed by atoms with Gasteiger partial charge in [-0.25, -0.2) is 4.98 Å². The minimum atomic E-state index is -0.680. The van der Waals surface area contributed by atoms with Gasteiger partial charge in [-0.1, -0.05) is 0 Å². The number of piperidine rings is 1. The van der Waals surface area contributed by atoms with Crippen LogP contribution in [0.1, 0.15) is 12.8 Å². The van der Waals surface area contributed by atoms with Crippen molar-refractivity contribution in [2.45, 2.75) is 12.8 Å². The van der Waals surface area contributed by atoms with Gasteiger partial charge in [-0.05, 0) is 26.0 Å². The molecule has 1 aromatic heterocycles. The second-order valence-corrected chi connectivity index (χ2v) is 6.10. The van der Waals surface area contributed by atoms with Crippen molar-refractivity contribution in [1.82, 2.24) is 14.9 Å². The first kappa shape index (κ1) is 15.0. The second-order valence-electron chi connectivity index (χ2n) is 6.10. The molecule has 7 nitrogen and oxygen atoms in total. The molecule has 0 amide bonds. The average molecular weight is 305 g/mol. The van der Waals surface area contributed by atoms with Crippen LogP contribution in [0.4, 0.5) is 11.8 Å². The molecule has 0 bridgehead atoms. The average Bonchev–Trinajstić information content (AvgIpc) is 2.56. The van der Waals surface area contributed by atoms with E-state index in [-0.39, 0.29) is 5.92 Å². The number of aliphatic carboxylic acids is 1. The Morgan fingerprint density at radius 1 is 1.14 bits per heavy atom. The molecule has 0 radical (unpaired) electrons. The summed E-state index contributed by atoms with van der Waals surface area (Å²) in [4.78, 5) is 26.8. The highest BCUT2D eigenvalue weighted by molar-refractivity contribution is 5.70. The summed E-state index contributed by atoms with van der Waals surface area (Å²) in [6, 6.07) is 1.92. The number of aromatic nitrogens is 2. The summed E-state index contributed by atoms with van der Waals surface area (Å²) in [7, 11) is 2.13. The van der Waals surface area contributed by atoms with Crippen molar-refractivity contribution in [3.05, 3.63) is 12.3 Å². The SMILES string of the molecule is CN1CCN(c2nccc(N3CCC(C(=O)O)CC3)n2)CC1. The Morgan fingerprint density at radius 2 is 1.82 bits per heavy atom. The van der Waals surface area contributed by atoms with Gasteiger partial charge in [0.05, 0.1) is 5.92 Å². The van der Waals surface area contributed by atoms with Crippen LogP contribution >= 0.6 is 0 Å². The Bertz CT molecular complexity index is 522. The van der Waals surface area contributed by atoms with Gasteiger partial charge in [0.2, 0.25) is 5.95 Å². The first-order chi connectivity index (χ1) is 10.6. The molecule has 3 heterocycles. The molecule has 120 valence electrons. The van der Waals surface area contributed by atoms with E-state index in [1.165, 1.54) is 0 Å². The summed E-state index contributed by atoms with van der Waals surface area (Å²) < 4.78 is 0. The Hall–Kier alpha value is -1.89. The van der Waals surface area contributed by atoms with Gasteiger partial charge in [0.25, 0.3) is 0 Å². The molecule has 0 atom stereocenters. The number of hydrogen-bond acceptors (Lipinski definition) is 6. The van der Waals surface area contributed by atoms with Crippen LogP contribution in [0.3, 0.4) is 0 Å². The molecule has 2 aliphatic rings. The van der Waals surface area contributed by atoms with Crippen LogP contribution < -0.4 is 9.80 Å². The third-order valence-electron chi connectivity index (χ3n) is 4.58. The lowest BCUT2D eigenvalue weighted by molar-refractivity contribution is -0.142. The minimum Gasteiger partial charge on any atom is -0.481 e. The molecule has 2 fully saturated rings. The van der Waals surface area contributed by atoms with Gasteiger partial charge in [-0.2, -0.15) is 4.98 Å². The number of rotatable bonds is 3. The molecule has 7 heteroatoms. The van der Waals surface area contributed by atoms with Gasteiger partial charge in [0.15, 0.2) is 0 Å². The number of carboxylic acid groups (broad SMARTS) is 1. The van der Waals surface area contributed by atoms with Crippen molar-refractivity contribution >= 4 is 17.7 Å². The fourth-order valence-electron chi connectivity index (χ4n) is 3.03. The zero-order valence-electron chi connectivity index (χ0n) is 13.0. The Labute approximate surface area is 130 Å². The zero-order chi connectivity index (χ0) is 15.5. The topological polar surface area (TPSA) is 72.8 Å². The van der Waals surface area contributed by atoms with Crippen molar-refractivity contribution in [1.29, 1.82) is 0 Å². The standard InChI is InChI=1S/C15H23N5O2/c1-18-8-10-20(11-9-18)15-16-5-2-13(17-15)19-6-3-12(4-7-19)14(21)22/h2,5,12H,3-4,6-11H2,1H3,(H,21,22). The van der Waals surface area contributed by atoms with Gasteiger partial charge in [-0.15, -0.1) is 0 Å². The van der Waals surface area contributed by atoms with Gasteiger partial charge in [0, 0.05) is 45.5 Å². The smallest absolute Gasteiger partial charge is 0.306 e. The molecule has 1 N–H and O–H groups in total. The Balaban J connectivity index is 1.66. The van der Waals surface area contributed by atoms with Crippen molar-refractivity contribution in [3.63, 3.8) is 0 Å². The fourth-order valence-corrected chi connectivity index (χ4v) is 3.03. The van der Waals surface area contributed by atoms with Crippen LogP contribution in [0.15, 0.2) is 12.3 Å². The normalized spacial score (nSPS) is 21.1. The number of nitrogens with zero attached hydrogens (tertiary/aromatic N) is 5. The van der Waals surface area contributed by atoms with E-state index >= 15 is 0 Å². The van der Waals surface area contributed by atoms with E-state index in [2.05, 4.69) is 31.7 Å². The van der Waals surface area contributed by atoms with Crippen LogP contribution in [0.2, 0.25) is 0 Å². The molecule has 1 aromatic rings. The second kappa shape index (κ2) is 6.48. The monoisotopic (exact) mass is 305 g/mol. The van der Waals surface area contributed by atoms with Gasteiger partial charge < -0.3 is 19.8 Å². The number of anilines is 2. The lowest BCUT2D eigenvalue weighted by Crippen LogP contribution is -2.45. The van der Waals surface area contributed by atoms with E-state index in [9.17, 15) is 4.79 Å². The summed E-state index contributed by atoms with van der Waals surface area (Å²) >= 11 is 0. The zero-order valence-corrected chi connectivity index (χ0v) is 13.0. The highest BCUT2D eigenvalue weighted by atomic mass is 16.4. The van der Waals surface area contributed by atoms with E-state index in [1.54, 1.807) is 6.20 Å². The lowest BCUT2D eigenvalue weighted by Gasteiger charge is -2.34. The molecule has 0 aromatic carbocycles. The summed E-state index contributed by atoms with van der Waals surface area (Å²) in [5.74, 6) is 0.800. The van der Waals surface area contributed by atoms with Crippen LogP contribution in [0, 0.1) is 5.92 Å². The third-order valence-corrected chi connectivity index (χ3v) is 4.58. The summed E-state index contributed by atoms with van der Waals surface area (Å²) in [5, 5.41) is 9.08. The number of likely N-dealkylation sites (N-methyl/N-ethyl adjacent to an activating group) is 1. The molecule has 2 aliphatic heterocycles. The number of carbonyl (C=O) groups is 1. The molecule has 0 spiro atoms. The van der Waals surface area contributed by atoms with E-state index in [4.69, 9.17) is 5.11 Å². The maximum Gasteiger partial charge on any atom is 0.306 e. The maximum atomic E-state index is 11.0. The van der Waals surface area contributed by atoms with E-state index in [0.717, 1.165) is 51.0 Å². The number of piperazine rings is 1. The minimum absolute atomic E-state index is 0.213. The van der Waals surface area contributed by atoms with Crippen LogP contribution in [0.25, 0.3) is 0 Å². The molecule has 22 heavy (non-hydrogen) atoms. The fraction of sp³-hybridized carbons (Fsp3) is 0.667. The summed E-state index contributed by atoms with van der Waals surface area (Å²) in [6.07, 6.45) is 3.17. The Morgan fingerprint density at radius 3 is 2.45 bits per heavy atom. The molecular formula is C15H23N5O2.